The van der Waals surface area contributed by atoms with Crippen molar-refractivity contribution in [3.05, 3.63) is 30.1 Å². The van der Waals surface area contributed by atoms with E-state index in [0.717, 1.165) is 5.56 Å². The van der Waals surface area contributed by atoms with Gasteiger partial charge in [0.25, 0.3) is 0 Å². The van der Waals surface area contributed by atoms with Gasteiger partial charge in [0.1, 0.15) is 0 Å². The summed E-state index contributed by atoms with van der Waals surface area (Å²) in [7, 11) is 1.83. The molecule has 0 spiro atoms. The summed E-state index contributed by atoms with van der Waals surface area (Å²) < 4.78 is 0. The second kappa shape index (κ2) is 6.50. The van der Waals surface area contributed by atoms with Crippen molar-refractivity contribution in [2.75, 3.05) is 13.6 Å². The number of hydrogen-bond donors (Lipinski definition) is 1. The lowest BCUT2D eigenvalue weighted by molar-refractivity contribution is -0.137. The van der Waals surface area contributed by atoms with Crippen molar-refractivity contribution in [2.45, 2.75) is 26.8 Å². The summed E-state index contributed by atoms with van der Waals surface area (Å²) in [5.74, 6) is 0.255. The maximum atomic E-state index is 12.4. The molecule has 0 bridgehead atoms. The van der Waals surface area contributed by atoms with E-state index in [9.17, 15) is 4.79 Å². The summed E-state index contributed by atoms with van der Waals surface area (Å²) in [6.45, 7) is 6.46. The minimum absolute atomic E-state index is 0.0355. The number of rotatable bonds is 5. The van der Waals surface area contributed by atoms with Crippen LogP contribution < -0.4 is 5.73 Å². The molecule has 4 heteroatoms. The standard InChI is InChI=1S/C14H23N3O/c1-10(2)13(9-15)14(18)17(4)11(3)12-5-7-16-8-6-12/h5-8,10-11,13H,9,15H2,1-4H3. The van der Waals surface area contributed by atoms with Crippen LogP contribution in [0.15, 0.2) is 24.5 Å². The van der Waals surface area contributed by atoms with E-state index in [2.05, 4.69) is 4.98 Å². The normalized spacial score (nSPS) is 14.3. The fourth-order valence-electron chi connectivity index (χ4n) is 1.98. The molecule has 1 aromatic rings. The van der Waals surface area contributed by atoms with E-state index in [-0.39, 0.29) is 23.8 Å². The van der Waals surface area contributed by atoms with Crippen LogP contribution in [-0.2, 0) is 4.79 Å². The zero-order chi connectivity index (χ0) is 13.7. The highest BCUT2D eigenvalue weighted by atomic mass is 16.2. The second-order valence-corrected chi connectivity index (χ2v) is 4.99. The van der Waals surface area contributed by atoms with Crippen LogP contribution in [0.5, 0.6) is 0 Å². The van der Waals surface area contributed by atoms with Crippen LogP contribution in [0.1, 0.15) is 32.4 Å². The molecule has 0 saturated heterocycles. The Morgan fingerprint density at radius 3 is 2.33 bits per heavy atom. The third-order valence-electron chi connectivity index (χ3n) is 3.49. The maximum absolute atomic E-state index is 12.4. The van der Waals surface area contributed by atoms with Gasteiger partial charge in [-0.1, -0.05) is 13.8 Å². The summed E-state index contributed by atoms with van der Waals surface area (Å²) in [6.07, 6.45) is 3.49. The van der Waals surface area contributed by atoms with Crippen LogP contribution in [0, 0.1) is 11.8 Å². The summed E-state index contributed by atoms with van der Waals surface area (Å²) in [6, 6.07) is 3.90. The molecule has 1 aromatic heterocycles. The summed E-state index contributed by atoms with van der Waals surface area (Å²) in [5.41, 5.74) is 6.78. The third-order valence-corrected chi connectivity index (χ3v) is 3.49. The molecule has 0 fully saturated rings. The highest BCUT2D eigenvalue weighted by molar-refractivity contribution is 5.79. The fourth-order valence-corrected chi connectivity index (χ4v) is 1.98. The second-order valence-electron chi connectivity index (χ2n) is 4.99. The highest BCUT2D eigenvalue weighted by Gasteiger charge is 2.26. The predicted octanol–water partition coefficient (Wildman–Crippen LogP) is 1.83. The summed E-state index contributed by atoms with van der Waals surface area (Å²) in [4.78, 5) is 18.1. The van der Waals surface area contributed by atoms with Crippen molar-refractivity contribution in [3.63, 3.8) is 0 Å². The maximum Gasteiger partial charge on any atom is 0.227 e. The Morgan fingerprint density at radius 2 is 1.89 bits per heavy atom. The van der Waals surface area contributed by atoms with Gasteiger partial charge in [0.15, 0.2) is 0 Å². The highest BCUT2D eigenvalue weighted by Crippen LogP contribution is 2.21. The van der Waals surface area contributed by atoms with Gasteiger partial charge in [-0.2, -0.15) is 0 Å². The Kier molecular flexibility index (Phi) is 5.28. The molecule has 0 aliphatic carbocycles. The molecule has 0 aromatic carbocycles. The Balaban J connectivity index is 2.81. The molecule has 4 nitrogen and oxygen atoms in total. The monoisotopic (exact) mass is 249 g/mol. The van der Waals surface area contributed by atoms with Gasteiger partial charge in [-0.3, -0.25) is 9.78 Å². The van der Waals surface area contributed by atoms with Crippen molar-refractivity contribution < 1.29 is 4.79 Å². The van der Waals surface area contributed by atoms with E-state index in [1.165, 1.54) is 0 Å². The SMILES string of the molecule is CC(C)C(CN)C(=O)N(C)C(C)c1ccncc1. The number of hydrogen-bond acceptors (Lipinski definition) is 3. The number of amides is 1. The molecule has 18 heavy (non-hydrogen) atoms. The van der Waals surface area contributed by atoms with Gasteiger partial charge in [-0.15, -0.1) is 0 Å². The van der Waals surface area contributed by atoms with E-state index < -0.39 is 0 Å². The average Bonchev–Trinajstić information content (AvgIpc) is 2.38. The first-order chi connectivity index (χ1) is 8.49. The molecular formula is C14H23N3O. The first-order valence-corrected chi connectivity index (χ1v) is 6.35. The number of nitrogens with zero attached hydrogens (tertiary/aromatic N) is 2. The van der Waals surface area contributed by atoms with Crippen molar-refractivity contribution in [1.82, 2.24) is 9.88 Å². The number of pyridine rings is 1. The Labute approximate surface area is 109 Å². The zero-order valence-electron chi connectivity index (χ0n) is 11.6. The molecule has 2 atom stereocenters. The van der Waals surface area contributed by atoms with Gasteiger partial charge < -0.3 is 10.6 Å². The van der Waals surface area contributed by atoms with Gasteiger partial charge in [0.2, 0.25) is 5.91 Å². The van der Waals surface area contributed by atoms with Crippen LogP contribution in [0.3, 0.4) is 0 Å². The first kappa shape index (κ1) is 14.6. The van der Waals surface area contributed by atoms with Crippen LogP contribution in [-0.4, -0.2) is 29.4 Å². The zero-order valence-corrected chi connectivity index (χ0v) is 11.6. The molecule has 2 N–H and O–H groups in total. The molecule has 0 saturated carbocycles. The largest absolute Gasteiger partial charge is 0.339 e. The summed E-state index contributed by atoms with van der Waals surface area (Å²) >= 11 is 0. The smallest absolute Gasteiger partial charge is 0.227 e. The minimum Gasteiger partial charge on any atom is -0.339 e. The van der Waals surface area contributed by atoms with Crippen molar-refractivity contribution in [2.24, 2.45) is 17.6 Å². The van der Waals surface area contributed by atoms with Crippen molar-refractivity contribution in [3.8, 4) is 0 Å². The molecule has 0 radical (unpaired) electrons. The third kappa shape index (κ3) is 3.29. The Hall–Kier alpha value is -1.42. The van der Waals surface area contributed by atoms with E-state index in [0.29, 0.717) is 6.54 Å². The number of aromatic nitrogens is 1. The lowest BCUT2D eigenvalue weighted by atomic mass is 9.93. The predicted molar refractivity (Wildman–Crippen MR) is 72.8 cm³/mol. The minimum atomic E-state index is -0.112. The van der Waals surface area contributed by atoms with Crippen LogP contribution >= 0.6 is 0 Å². The number of carbonyl (C=O) groups excluding carboxylic acids is 1. The molecule has 100 valence electrons. The Bertz CT molecular complexity index is 378. The topological polar surface area (TPSA) is 59.2 Å². The molecule has 0 aliphatic rings. The van der Waals surface area contributed by atoms with E-state index >= 15 is 0 Å². The summed E-state index contributed by atoms with van der Waals surface area (Å²) in [5, 5.41) is 0. The van der Waals surface area contributed by atoms with Gasteiger partial charge >= 0.3 is 0 Å². The van der Waals surface area contributed by atoms with E-state index in [1.54, 1.807) is 17.3 Å². The van der Waals surface area contributed by atoms with Gasteiger partial charge in [-0.25, -0.2) is 0 Å². The number of carbonyl (C=O) groups is 1. The van der Waals surface area contributed by atoms with Gasteiger partial charge in [-0.05, 0) is 30.5 Å². The Morgan fingerprint density at radius 1 is 1.33 bits per heavy atom. The molecule has 2 unspecified atom stereocenters. The quantitative estimate of drug-likeness (QED) is 0.866. The van der Waals surface area contributed by atoms with E-state index in [1.807, 2.05) is 40.0 Å². The van der Waals surface area contributed by atoms with Crippen LogP contribution in [0.4, 0.5) is 0 Å². The molecule has 1 heterocycles. The average molecular weight is 249 g/mol. The molecule has 0 aliphatic heterocycles. The lowest BCUT2D eigenvalue weighted by Gasteiger charge is -2.30. The van der Waals surface area contributed by atoms with Crippen molar-refractivity contribution >= 4 is 5.91 Å². The molecule has 1 rings (SSSR count). The van der Waals surface area contributed by atoms with Crippen LogP contribution in [0.2, 0.25) is 0 Å². The fraction of sp³-hybridized carbons (Fsp3) is 0.571. The van der Waals surface area contributed by atoms with Crippen molar-refractivity contribution in [1.29, 1.82) is 0 Å². The first-order valence-electron chi connectivity index (χ1n) is 6.35. The lowest BCUT2D eigenvalue weighted by Crippen LogP contribution is -2.40. The van der Waals surface area contributed by atoms with E-state index in [4.69, 9.17) is 5.73 Å². The molecular weight excluding hydrogens is 226 g/mol. The number of nitrogens with two attached hydrogens (primary N) is 1. The van der Waals surface area contributed by atoms with Gasteiger partial charge in [0, 0.05) is 26.0 Å². The molecule has 1 amide bonds. The van der Waals surface area contributed by atoms with Crippen LogP contribution in [0.25, 0.3) is 0 Å². The van der Waals surface area contributed by atoms with Gasteiger partial charge in [0.05, 0.1) is 12.0 Å².